The van der Waals surface area contributed by atoms with E-state index in [-0.39, 0.29) is 12.4 Å². The number of carboxylic acids is 1. The van der Waals surface area contributed by atoms with Crippen LogP contribution in [0.5, 0.6) is 0 Å². The third-order valence-corrected chi connectivity index (χ3v) is 2.99. The second-order valence-corrected chi connectivity index (χ2v) is 5.28. The monoisotopic (exact) mass is 402 g/mol. The number of aromatic amines is 1. The Morgan fingerprint density at radius 1 is 1.04 bits per heavy atom. The quantitative estimate of drug-likeness (QED) is 0.341. The van der Waals surface area contributed by atoms with E-state index < -0.39 is 12.6 Å². The first kappa shape index (κ1) is 21.4. The van der Waals surface area contributed by atoms with E-state index in [4.69, 9.17) is 54.8 Å². The van der Waals surface area contributed by atoms with Gasteiger partial charge in [-0.1, -0.05) is 23.2 Å². The molecule has 0 aromatic carbocycles. The van der Waals surface area contributed by atoms with Gasteiger partial charge in [-0.05, 0) is 24.3 Å². The Bertz CT molecular complexity index is 874. The van der Waals surface area contributed by atoms with Crippen LogP contribution in [0.3, 0.4) is 0 Å². The van der Waals surface area contributed by atoms with E-state index in [1.54, 1.807) is 24.3 Å². The molecule has 26 heavy (non-hydrogen) atoms. The van der Waals surface area contributed by atoms with E-state index in [1.807, 2.05) is 0 Å². The molecule has 3 heterocycles. The summed E-state index contributed by atoms with van der Waals surface area (Å²) in [5.74, 6) is -0.410. The van der Waals surface area contributed by atoms with Gasteiger partial charge in [-0.2, -0.15) is 0 Å². The third-order valence-electron chi connectivity index (χ3n) is 2.57. The van der Waals surface area contributed by atoms with Crippen molar-refractivity contribution in [1.82, 2.24) is 19.9 Å². The van der Waals surface area contributed by atoms with Crippen molar-refractivity contribution < 1.29 is 20.1 Å². The summed E-state index contributed by atoms with van der Waals surface area (Å²) in [6.45, 7) is -0.895. The number of nitrogens with two attached hydrogens (primary N) is 2. The van der Waals surface area contributed by atoms with Crippen molar-refractivity contribution in [2.45, 2.75) is 6.61 Å². The molecule has 0 aliphatic rings. The number of imidazole rings is 1. The number of hydrogen-bond acceptors (Lipinski definition) is 8. The van der Waals surface area contributed by atoms with Crippen LogP contribution in [-0.2, 0) is 11.4 Å². The number of halogens is 2. The van der Waals surface area contributed by atoms with E-state index in [2.05, 4.69) is 19.9 Å². The molecule has 0 saturated carbocycles. The number of anilines is 2. The molecule has 0 amide bonds. The number of fused-ring (bicyclic) bond motifs is 1. The van der Waals surface area contributed by atoms with Crippen molar-refractivity contribution in [3.05, 3.63) is 40.4 Å². The molecule has 10 nitrogen and oxygen atoms in total. The number of nitrogens with zero attached hydrogens (tertiary/aromatic N) is 3. The minimum atomic E-state index is -1.19. The molecule has 0 aliphatic heterocycles. The maximum atomic E-state index is 9.12. The minimum absolute atomic E-state index is 0.117. The van der Waals surface area contributed by atoms with Gasteiger partial charge < -0.3 is 31.8 Å². The van der Waals surface area contributed by atoms with Crippen LogP contribution in [0.15, 0.2) is 24.3 Å². The molecule has 0 aliphatic carbocycles. The van der Waals surface area contributed by atoms with Crippen LogP contribution in [0.4, 0.5) is 11.5 Å². The number of hydrogen-bond donors (Lipinski definition) is 6. The number of aliphatic hydroxyl groups excluding tert-OH is 2. The molecule has 3 aromatic heterocycles. The summed E-state index contributed by atoms with van der Waals surface area (Å²) < 4.78 is 0. The fraction of sp³-hybridized carbons (Fsp3) is 0.143. The summed E-state index contributed by atoms with van der Waals surface area (Å²) in [6.07, 6.45) is 0. The van der Waals surface area contributed by atoms with Gasteiger partial charge in [0.1, 0.15) is 35.2 Å². The highest BCUT2D eigenvalue weighted by Gasteiger charge is 2.02. The average molecular weight is 403 g/mol. The molecule has 0 atom stereocenters. The van der Waals surface area contributed by atoms with Crippen molar-refractivity contribution in [3.63, 3.8) is 0 Å². The zero-order valence-electron chi connectivity index (χ0n) is 13.2. The highest BCUT2D eigenvalue weighted by molar-refractivity contribution is 6.29. The first-order valence-electron chi connectivity index (χ1n) is 6.89. The predicted octanol–water partition coefficient (Wildman–Crippen LogP) is 1.07. The lowest BCUT2D eigenvalue weighted by atomic mass is 10.4. The van der Waals surface area contributed by atoms with Gasteiger partial charge in [-0.15, -0.1) is 0 Å². The lowest BCUT2D eigenvalue weighted by molar-refractivity contribution is -0.140. The van der Waals surface area contributed by atoms with Crippen LogP contribution >= 0.6 is 23.2 Å². The first-order valence-corrected chi connectivity index (χ1v) is 7.64. The SMILES string of the molecule is Nc1ccc(Cl)nc1N.O=C(O)CO.OCc1nc2nc(Cl)ccc2[nH]1. The molecule has 3 aromatic rings. The van der Waals surface area contributed by atoms with Gasteiger partial charge in [-0.25, -0.2) is 19.7 Å². The number of aliphatic carboxylic acids is 1. The Morgan fingerprint density at radius 2 is 1.62 bits per heavy atom. The predicted molar refractivity (Wildman–Crippen MR) is 97.6 cm³/mol. The molecule has 0 saturated heterocycles. The highest BCUT2D eigenvalue weighted by Crippen LogP contribution is 2.14. The van der Waals surface area contributed by atoms with Crippen molar-refractivity contribution in [1.29, 1.82) is 0 Å². The third kappa shape index (κ3) is 7.07. The summed E-state index contributed by atoms with van der Waals surface area (Å²) in [5.41, 5.74) is 12.4. The zero-order valence-corrected chi connectivity index (χ0v) is 14.7. The molecular weight excluding hydrogens is 387 g/mol. The number of aliphatic hydroxyl groups is 2. The van der Waals surface area contributed by atoms with Gasteiger partial charge in [0.2, 0.25) is 0 Å². The molecule has 8 N–H and O–H groups in total. The number of aromatic nitrogens is 4. The van der Waals surface area contributed by atoms with Gasteiger partial charge in [0.15, 0.2) is 5.65 Å². The van der Waals surface area contributed by atoms with Gasteiger partial charge >= 0.3 is 5.97 Å². The standard InChI is InChI=1S/C7H6ClN3O.C5H6ClN3.C2H4O3/c8-5-2-1-4-7(10-5)11-6(3-12)9-4;6-4-2-1-3(7)5(8)9-4;3-1-2(4)5/h1-2,12H,3H2,(H,9,10,11);1-2H,7H2,(H2,8,9);3H,1H2,(H,4,5). The summed E-state index contributed by atoms with van der Waals surface area (Å²) in [4.78, 5) is 23.6. The number of carboxylic acid groups (broad SMARTS) is 1. The number of carbonyl (C=O) groups is 1. The van der Waals surface area contributed by atoms with Crippen molar-refractivity contribution in [2.24, 2.45) is 0 Å². The summed E-state index contributed by atoms with van der Waals surface area (Å²) >= 11 is 11.1. The van der Waals surface area contributed by atoms with Crippen LogP contribution < -0.4 is 11.5 Å². The lowest BCUT2D eigenvalue weighted by Crippen LogP contribution is -1.98. The molecule has 0 spiro atoms. The molecule has 12 heteroatoms. The second-order valence-electron chi connectivity index (χ2n) is 4.51. The number of H-pyrrole nitrogens is 1. The zero-order chi connectivity index (χ0) is 19.7. The number of nitrogens with one attached hydrogen (secondary N) is 1. The van der Waals surface area contributed by atoms with Crippen LogP contribution in [0, 0.1) is 0 Å². The largest absolute Gasteiger partial charge is 0.480 e. The van der Waals surface area contributed by atoms with E-state index >= 15 is 0 Å². The van der Waals surface area contributed by atoms with E-state index in [9.17, 15) is 0 Å². The maximum Gasteiger partial charge on any atom is 0.329 e. The Morgan fingerprint density at radius 3 is 2.12 bits per heavy atom. The molecule has 0 radical (unpaired) electrons. The Hall–Kier alpha value is -2.66. The van der Waals surface area contributed by atoms with Crippen molar-refractivity contribution in [2.75, 3.05) is 18.1 Å². The van der Waals surface area contributed by atoms with Gasteiger partial charge in [0, 0.05) is 0 Å². The molecule has 0 fully saturated rings. The number of rotatable bonds is 2. The molecule has 0 unspecified atom stereocenters. The van der Waals surface area contributed by atoms with Gasteiger partial charge in [-0.3, -0.25) is 0 Å². The minimum Gasteiger partial charge on any atom is -0.480 e. The normalized spacial score (nSPS) is 9.69. The Kier molecular flexibility index (Phi) is 8.52. The number of nitrogen functional groups attached to an aromatic ring is 2. The Balaban J connectivity index is 0.000000214. The number of pyridine rings is 2. The summed E-state index contributed by atoms with van der Waals surface area (Å²) in [6, 6.07) is 6.65. The van der Waals surface area contributed by atoms with Crippen LogP contribution in [0.25, 0.3) is 11.2 Å². The van der Waals surface area contributed by atoms with E-state index in [0.29, 0.717) is 27.5 Å². The molecule has 3 rings (SSSR count). The van der Waals surface area contributed by atoms with Crippen LogP contribution in [0.2, 0.25) is 10.3 Å². The van der Waals surface area contributed by atoms with Gasteiger partial charge in [0.05, 0.1) is 11.2 Å². The van der Waals surface area contributed by atoms with Gasteiger partial charge in [0.25, 0.3) is 0 Å². The second kappa shape index (κ2) is 10.4. The van der Waals surface area contributed by atoms with Crippen molar-refractivity contribution in [3.8, 4) is 0 Å². The van der Waals surface area contributed by atoms with E-state index in [0.717, 1.165) is 5.52 Å². The Labute approximate surface area is 157 Å². The summed E-state index contributed by atoms with van der Waals surface area (Å²) in [5, 5.41) is 24.5. The fourth-order valence-electron chi connectivity index (χ4n) is 1.46. The molecule has 0 bridgehead atoms. The topological polar surface area (TPSA) is 184 Å². The fourth-order valence-corrected chi connectivity index (χ4v) is 1.75. The van der Waals surface area contributed by atoms with Crippen LogP contribution in [-0.4, -0.2) is 47.8 Å². The summed E-state index contributed by atoms with van der Waals surface area (Å²) in [7, 11) is 0. The smallest absolute Gasteiger partial charge is 0.329 e. The average Bonchev–Trinajstić information content (AvgIpc) is 3.01. The first-order chi connectivity index (χ1) is 12.3. The lowest BCUT2D eigenvalue weighted by Gasteiger charge is -1.95. The van der Waals surface area contributed by atoms with E-state index in [1.165, 1.54) is 0 Å². The molecule has 140 valence electrons. The maximum absolute atomic E-state index is 9.12. The van der Waals surface area contributed by atoms with Crippen molar-refractivity contribution >= 4 is 51.8 Å². The highest BCUT2D eigenvalue weighted by atomic mass is 35.5. The van der Waals surface area contributed by atoms with Crippen LogP contribution in [0.1, 0.15) is 5.82 Å². The molecular formula is C14H16Cl2N6O4.